The Morgan fingerprint density at radius 1 is 0.968 bits per heavy atom. The zero-order chi connectivity index (χ0) is 22.3. The third-order valence-corrected chi connectivity index (χ3v) is 9.89. The van der Waals surface area contributed by atoms with E-state index in [9.17, 15) is 30.0 Å². The van der Waals surface area contributed by atoms with Gasteiger partial charge < -0.3 is 24.8 Å². The van der Waals surface area contributed by atoms with Crippen molar-refractivity contribution in [2.75, 3.05) is 0 Å². The van der Waals surface area contributed by atoms with Crippen molar-refractivity contribution in [2.45, 2.75) is 82.2 Å². The van der Waals surface area contributed by atoms with Gasteiger partial charge in [0.2, 0.25) is 0 Å². The van der Waals surface area contributed by atoms with Crippen LogP contribution in [0.3, 0.4) is 0 Å². The monoisotopic (exact) mass is 432 g/mol. The highest BCUT2D eigenvalue weighted by Crippen LogP contribution is 2.69. The van der Waals surface area contributed by atoms with Gasteiger partial charge in [0.25, 0.3) is 0 Å². The Kier molecular flexibility index (Phi) is 4.63. The van der Waals surface area contributed by atoms with Crippen LogP contribution < -0.4 is 5.63 Å². The van der Waals surface area contributed by atoms with Crippen LogP contribution in [0.4, 0.5) is 0 Å². The maximum absolute atomic E-state index is 13.8. The van der Waals surface area contributed by atoms with Crippen molar-refractivity contribution in [3.05, 3.63) is 34.4 Å². The van der Waals surface area contributed by atoms with Crippen molar-refractivity contribution in [1.82, 2.24) is 0 Å². The fourth-order valence-corrected chi connectivity index (χ4v) is 8.21. The van der Waals surface area contributed by atoms with E-state index >= 15 is 0 Å². The number of rotatable bonds is 1. The molecule has 0 radical (unpaired) electrons. The topological polar surface area (TPSA) is 128 Å². The van der Waals surface area contributed by atoms with Crippen LogP contribution in [0.2, 0.25) is 0 Å². The summed E-state index contributed by atoms with van der Waals surface area (Å²) in [5, 5.41) is 44.4. The number of hydrogen-bond donors (Lipinski definition) is 4. The molecule has 4 N–H and O–H groups in total. The first-order chi connectivity index (χ1) is 14.6. The number of ketones is 1. The molecule has 4 fully saturated rings. The highest BCUT2D eigenvalue weighted by molar-refractivity contribution is 5.93. The summed E-state index contributed by atoms with van der Waals surface area (Å²) >= 11 is 0. The molecule has 5 rings (SSSR count). The number of aliphatic hydroxyl groups is 4. The Morgan fingerprint density at radius 3 is 2.35 bits per heavy atom. The van der Waals surface area contributed by atoms with E-state index in [2.05, 4.69) is 0 Å². The van der Waals surface area contributed by atoms with Crippen LogP contribution in [0.25, 0.3) is 0 Å². The quantitative estimate of drug-likeness (QED) is 0.527. The van der Waals surface area contributed by atoms with Crippen LogP contribution in [0.1, 0.15) is 63.9 Å². The fourth-order valence-electron chi connectivity index (χ4n) is 8.21. The van der Waals surface area contributed by atoms with Crippen molar-refractivity contribution in [3.63, 3.8) is 0 Å². The molecule has 1 heterocycles. The minimum atomic E-state index is -1.29. The molecule has 0 aliphatic heterocycles. The van der Waals surface area contributed by atoms with Crippen LogP contribution in [0, 0.1) is 28.6 Å². The standard InChI is InChI=1S/C24H32O7/c1-22-9-8-16(25)19(27)15(22)5-4-14-18(22)20(28)21(29)23(2)13(7-10-24(14,23)30)12-3-6-17(26)31-11-12/h3,6,11,13-16,18-20,25,27-28,30H,4-5,7-10H2,1-2H3. The molecule has 4 aliphatic rings. The second kappa shape index (κ2) is 6.73. The van der Waals surface area contributed by atoms with E-state index in [1.165, 1.54) is 12.3 Å². The van der Waals surface area contributed by atoms with Gasteiger partial charge in [0.05, 0.1) is 29.5 Å². The van der Waals surface area contributed by atoms with Crippen LogP contribution in [-0.2, 0) is 4.79 Å². The zero-order valence-electron chi connectivity index (χ0n) is 18.0. The van der Waals surface area contributed by atoms with E-state index < -0.39 is 46.3 Å². The normalized spacial score (nSPS) is 51.7. The van der Waals surface area contributed by atoms with Gasteiger partial charge in [-0.2, -0.15) is 0 Å². The molecule has 4 saturated carbocycles. The Morgan fingerprint density at radius 2 is 1.68 bits per heavy atom. The Labute approximate surface area is 181 Å². The second-order valence-corrected chi connectivity index (χ2v) is 10.8. The molecular formula is C24H32O7. The van der Waals surface area contributed by atoms with E-state index in [0.29, 0.717) is 44.1 Å². The summed E-state index contributed by atoms with van der Waals surface area (Å²) < 4.78 is 5.04. The average Bonchev–Trinajstić information content (AvgIpc) is 3.02. The maximum Gasteiger partial charge on any atom is 0.335 e. The van der Waals surface area contributed by atoms with E-state index in [0.717, 1.165) is 0 Å². The van der Waals surface area contributed by atoms with E-state index in [1.54, 1.807) is 13.0 Å². The molecule has 1 aromatic heterocycles. The van der Waals surface area contributed by atoms with E-state index in [1.807, 2.05) is 6.92 Å². The Hall–Kier alpha value is -1.54. The third-order valence-electron chi connectivity index (χ3n) is 9.89. The summed E-state index contributed by atoms with van der Waals surface area (Å²) in [5.41, 5.74) is -2.80. The summed E-state index contributed by atoms with van der Waals surface area (Å²) in [4.78, 5) is 25.2. The van der Waals surface area contributed by atoms with Gasteiger partial charge >= 0.3 is 5.63 Å². The summed E-state index contributed by atoms with van der Waals surface area (Å²) in [6.45, 7) is 3.76. The summed E-state index contributed by atoms with van der Waals surface area (Å²) in [7, 11) is 0. The maximum atomic E-state index is 13.8. The lowest BCUT2D eigenvalue weighted by Gasteiger charge is -2.64. The number of hydrogen-bond acceptors (Lipinski definition) is 7. The molecule has 0 spiro atoms. The molecule has 1 aromatic rings. The number of carbonyl (C=O) groups is 1. The van der Waals surface area contributed by atoms with Gasteiger partial charge in [-0.25, -0.2) is 4.79 Å². The smallest absolute Gasteiger partial charge is 0.335 e. The van der Waals surface area contributed by atoms with Gasteiger partial charge in [0, 0.05) is 17.9 Å². The van der Waals surface area contributed by atoms with Crippen LogP contribution in [-0.4, -0.2) is 50.1 Å². The molecule has 7 heteroatoms. The highest BCUT2D eigenvalue weighted by Gasteiger charge is 2.74. The Bertz CT molecular complexity index is 937. The average molecular weight is 433 g/mol. The molecule has 0 bridgehead atoms. The second-order valence-electron chi connectivity index (χ2n) is 10.8. The van der Waals surface area contributed by atoms with E-state index in [-0.39, 0.29) is 23.5 Å². The highest BCUT2D eigenvalue weighted by atomic mass is 16.4. The number of aliphatic hydroxyl groups excluding tert-OH is 3. The lowest BCUT2D eigenvalue weighted by atomic mass is 9.41. The predicted molar refractivity (Wildman–Crippen MR) is 110 cm³/mol. The SMILES string of the molecule is CC12CCC(O)C(O)C1CCC1C2C(O)C(=O)C2(C)C(c3ccc(=O)oc3)CCC12O. The molecule has 10 unspecified atom stereocenters. The van der Waals surface area contributed by atoms with Crippen LogP contribution in [0.15, 0.2) is 27.6 Å². The van der Waals surface area contributed by atoms with Gasteiger partial charge in [-0.1, -0.05) is 6.92 Å². The molecule has 7 nitrogen and oxygen atoms in total. The fraction of sp³-hybridized carbons (Fsp3) is 0.750. The minimum absolute atomic E-state index is 0.214. The lowest BCUT2D eigenvalue weighted by Crippen LogP contribution is -2.71. The largest absolute Gasteiger partial charge is 0.431 e. The van der Waals surface area contributed by atoms with Gasteiger partial charge in [0.1, 0.15) is 6.10 Å². The van der Waals surface area contributed by atoms with Gasteiger partial charge in [0.15, 0.2) is 5.78 Å². The number of fused-ring (bicyclic) bond motifs is 5. The van der Waals surface area contributed by atoms with Gasteiger partial charge in [-0.15, -0.1) is 0 Å². The molecule has 31 heavy (non-hydrogen) atoms. The first-order valence-corrected chi connectivity index (χ1v) is 11.5. The molecular weight excluding hydrogens is 400 g/mol. The zero-order valence-corrected chi connectivity index (χ0v) is 18.0. The molecule has 10 atom stereocenters. The van der Waals surface area contributed by atoms with Gasteiger partial charge in [-0.3, -0.25) is 4.79 Å². The molecule has 170 valence electrons. The summed E-state index contributed by atoms with van der Waals surface area (Å²) in [5.74, 6) is -1.68. The molecule has 0 saturated heterocycles. The van der Waals surface area contributed by atoms with Crippen LogP contribution in [0.5, 0.6) is 0 Å². The van der Waals surface area contributed by atoms with Crippen molar-refractivity contribution >= 4 is 5.78 Å². The Balaban J connectivity index is 1.58. The minimum Gasteiger partial charge on any atom is -0.431 e. The van der Waals surface area contributed by atoms with Crippen molar-refractivity contribution in [1.29, 1.82) is 0 Å². The predicted octanol–water partition coefficient (Wildman–Crippen LogP) is 1.36. The first kappa shape index (κ1) is 21.3. The van der Waals surface area contributed by atoms with Crippen molar-refractivity contribution in [2.24, 2.45) is 28.6 Å². The van der Waals surface area contributed by atoms with Crippen LogP contribution >= 0.6 is 0 Å². The summed E-state index contributed by atoms with van der Waals surface area (Å²) in [6, 6.07) is 2.97. The summed E-state index contributed by atoms with van der Waals surface area (Å²) in [6.07, 6.45) is 1.68. The first-order valence-electron chi connectivity index (χ1n) is 11.5. The van der Waals surface area contributed by atoms with Crippen molar-refractivity contribution < 1.29 is 29.6 Å². The number of Topliss-reactive ketones (excluding diaryl/α,β-unsaturated/α-hetero) is 1. The van der Waals surface area contributed by atoms with Gasteiger partial charge in [-0.05, 0) is 74.3 Å². The van der Waals surface area contributed by atoms with E-state index in [4.69, 9.17) is 4.42 Å². The van der Waals surface area contributed by atoms with Crippen molar-refractivity contribution in [3.8, 4) is 0 Å². The lowest BCUT2D eigenvalue weighted by molar-refractivity contribution is -0.240. The number of carbonyl (C=O) groups excluding carboxylic acids is 1. The molecule has 0 aromatic carbocycles. The molecule has 4 aliphatic carbocycles. The molecule has 0 amide bonds. The third kappa shape index (κ3) is 2.55.